The number of nitro benzene ring substituents is 1. The summed E-state index contributed by atoms with van der Waals surface area (Å²) in [4.78, 5) is 28.0. The topological polar surface area (TPSA) is 89.5 Å². The highest BCUT2D eigenvalue weighted by Crippen LogP contribution is 2.32. The number of carbonyl (C=O) groups is 1. The van der Waals surface area contributed by atoms with Crippen LogP contribution in [0.2, 0.25) is 10.0 Å². The van der Waals surface area contributed by atoms with Crippen molar-refractivity contribution >= 4 is 74.4 Å². The number of carbonyl (C=O) groups excluding carboxylic acids is 1. The third-order valence-corrected chi connectivity index (χ3v) is 7.01. The van der Waals surface area contributed by atoms with Crippen molar-refractivity contribution < 1.29 is 9.72 Å². The molecule has 1 aromatic heterocycles. The van der Waals surface area contributed by atoms with E-state index in [1.165, 1.54) is 23.9 Å². The van der Waals surface area contributed by atoms with Gasteiger partial charge in [-0.2, -0.15) is 0 Å². The Kier molecular flexibility index (Phi) is 6.34. The molecule has 0 unspecified atom stereocenters. The van der Waals surface area contributed by atoms with Crippen LogP contribution in [0.15, 0.2) is 82.8 Å². The second-order valence-electron chi connectivity index (χ2n) is 7.74. The number of rotatable bonds is 5. The number of aliphatic imine (C=N–C) groups is 1. The minimum atomic E-state index is -0.483. The fourth-order valence-corrected chi connectivity index (χ4v) is 4.92. The SMILES string of the molecule is O=C1NC(=Nc2cccc([N+](=O)[O-])c2)S/C1=C\c1cn(Cc2ccc(Cl)c(Cl)c2)c2ccccc12. The summed E-state index contributed by atoms with van der Waals surface area (Å²) in [6.45, 7) is 0.583. The number of para-hydroxylation sites is 1. The standard InChI is InChI=1S/C25H16Cl2N4O3S/c26-20-9-8-15(10-21(20)27)13-30-14-16(19-6-1-2-7-22(19)30)11-23-24(32)29-25(35-23)28-17-4-3-5-18(12-17)31(33)34/h1-12,14H,13H2,(H,28,29,32)/b23-11-. The van der Waals surface area contributed by atoms with Crippen molar-refractivity contribution in [1.29, 1.82) is 0 Å². The van der Waals surface area contributed by atoms with E-state index in [4.69, 9.17) is 23.2 Å². The molecule has 35 heavy (non-hydrogen) atoms. The molecule has 1 amide bonds. The molecule has 0 aliphatic carbocycles. The molecule has 5 rings (SSSR count). The molecule has 0 bridgehead atoms. The van der Waals surface area contributed by atoms with Crippen LogP contribution >= 0.6 is 35.0 Å². The number of halogens is 2. The number of amides is 1. The molecule has 3 aromatic carbocycles. The summed E-state index contributed by atoms with van der Waals surface area (Å²) in [5, 5.41) is 16.1. The highest BCUT2D eigenvalue weighted by molar-refractivity contribution is 8.18. The van der Waals surface area contributed by atoms with Gasteiger partial charge in [0, 0.05) is 41.3 Å². The van der Waals surface area contributed by atoms with Crippen molar-refractivity contribution in [2.24, 2.45) is 4.99 Å². The second kappa shape index (κ2) is 9.58. The molecule has 1 aliphatic rings. The van der Waals surface area contributed by atoms with E-state index in [2.05, 4.69) is 14.9 Å². The smallest absolute Gasteiger partial charge is 0.271 e. The molecule has 10 heteroatoms. The van der Waals surface area contributed by atoms with Crippen LogP contribution in [0.3, 0.4) is 0 Å². The average Bonchev–Trinajstić information content (AvgIpc) is 3.36. The van der Waals surface area contributed by atoms with Gasteiger partial charge in [0.05, 0.1) is 25.6 Å². The van der Waals surface area contributed by atoms with Gasteiger partial charge in [0.1, 0.15) is 0 Å². The molecular weight excluding hydrogens is 507 g/mol. The molecule has 174 valence electrons. The maximum Gasteiger partial charge on any atom is 0.271 e. The summed E-state index contributed by atoms with van der Waals surface area (Å²) < 4.78 is 2.09. The lowest BCUT2D eigenvalue weighted by atomic mass is 10.1. The monoisotopic (exact) mass is 522 g/mol. The van der Waals surface area contributed by atoms with Gasteiger partial charge in [0.15, 0.2) is 5.17 Å². The Labute approximate surface area is 214 Å². The lowest BCUT2D eigenvalue weighted by molar-refractivity contribution is -0.384. The Morgan fingerprint density at radius 1 is 1.06 bits per heavy atom. The number of benzene rings is 3. The zero-order valence-electron chi connectivity index (χ0n) is 17.9. The van der Waals surface area contributed by atoms with Crippen LogP contribution in [-0.4, -0.2) is 20.6 Å². The summed E-state index contributed by atoms with van der Waals surface area (Å²) in [6, 6.07) is 19.4. The summed E-state index contributed by atoms with van der Waals surface area (Å²) in [7, 11) is 0. The largest absolute Gasteiger partial charge is 0.342 e. The first kappa shape index (κ1) is 23.2. The van der Waals surface area contributed by atoms with Gasteiger partial charge < -0.3 is 9.88 Å². The fourth-order valence-electron chi connectivity index (χ4n) is 3.77. The number of hydrogen-bond donors (Lipinski definition) is 1. The normalized spacial score (nSPS) is 15.8. The van der Waals surface area contributed by atoms with Gasteiger partial charge >= 0.3 is 0 Å². The lowest BCUT2D eigenvalue weighted by Crippen LogP contribution is -2.19. The lowest BCUT2D eigenvalue weighted by Gasteiger charge is -2.06. The van der Waals surface area contributed by atoms with Crippen LogP contribution in [0, 0.1) is 10.1 Å². The number of thioether (sulfide) groups is 1. The Bertz CT molecular complexity index is 1560. The van der Waals surface area contributed by atoms with Gasteiger partial charge in [0.25, 0.3) is 11.6 Å². The Hall–Kier alpha value is -3.59. The molecule has 2 heterocycles. The minimum Gasteiger partial charge on any atom is -0.342 e. The van der Waals surface area contributed by atoms with Gasteiger partial charge in [-0.15, -0.1) is 0 Å². The first-order valence-electron chi connectivity index (χ1n) is 10.4. The van der Waals surface area contributed by atoms with Crippen molar-refractivity contribution in [1.82, 2.24) is 9.88 Å². The van der Waals surface area contributed by atoms with E-state index in [1.54, 1.807) is 18.2 Å². The van der Waals surface area contributed by atoms with Crippen molar-refractivity contribution in [2.45, 2.75) is 6.54 Å². The van der Waals surface area contributed by atoms with E-state index in [0.717, 1.165) is 22.0 Å². The number of amidine groups is 1. The molecular formula is C25H16Cl2N4O3S. The quantitative estimate of drug-likeness (QED) is 0.177. The predicted molar refractivity (Wildman–Crippen MR) is 141 cm³/mol. The average molecular weight is 523 g/mol. The van der Waals surface area contributed by atoms with Crippen LogP contribution in [0.4, 0.5) is 11.4 Å². The first-order chi connectivity index (χ1) is 16.9. The van der Waals surface area contributed by atoms with E-state index in [-0.39, 0.29) is 11.6 Å². The van der Waals surface area contributed by atoms with Crippen LogP contribution in [0.25, 0.3) is 17.0 Å². The molecule has 0 radical (unpaired) electrons. The van der Waals surface area contributed by atoms with E-state index < -0.39 is 4.92 Å². The number of aromatic nitrogens is 1. The molecule has 4 aromatic rings. The maximum atomic E-state index is 12.6. The van der Waals surface area contributed by atoms with Crippen LogP contribution in [0.5, 0.6) is 0 Å². The van der Waals surface area contributed by atoms with Crippen molar-refractivity contribution in [3.63, 3.8) is 0 Å². The van der Waals surface area contributed by atoms with Crippen molar-refractivity contribution in [2.75, 3.05) is 0 Å². The molecule has 1 saturated heterocycles. The van der Waals surface area contributed by atoms with Gasteiger partial charge in [-0.3, -0.25) is 14.9 Å². The molecule has 7 nitrogen and oxygen atoms in total. The van der Waals surface area contributed by atoms with Gasteiger partial charge in [0.2, 0.25) is 0 Å². The number of fused-ring (bicyclic) bond motifs is 1. The molecule has 1 N–H and O–H groups in total. The van der Waals surface area contributed by atoms with Crippen LogP contribution in [0.1, 0.15) is 11.1 Å². The Balaban J connectivity index is 1.46. The number of nitrogens with zero attached hydrogens (tertiary/aromatic N) is 3. The summed E-state index contributed by atoms with van der Waals surface area (Å²) in [5.41, 5.74) is 3.22. The number of hydrogen-bond acceptors (Lipinski definition) is 5. The molecule has 0 saturated carbocycles. The van der Waals surface area contributed by atoms with Crippen LogP contribution < -0.4 is 5.32 Å². The first-order valence-corrected chi connectivity index (χ1v) is 12.0. The van der Waals surface area contributed by atoms with Gasteiger partial charge in [-0.25, -0.2) is 4.99 Å². The summed E-state index contributed by atoms with van der Waals surface area (Å²) in [5.74, 6) is -0.277. The number of non-ortho nitro benzene ring substituents is 1. The van der Waals surface area contributed by atoms with Crippen molar-refractivity contribution in [3.05, 3.63) is 109 Å². The third-order valence-electron chi connectivity index (χ3n) is 5.37. The zero-order chi connectivity index (χ0) is 24.5. The van der Waals surface area contributed by atoms with E-state index >= 15 is 0 Å². The van der Waals surface area contributed by atoms with E-state index in [9.17, 15) is 14.9 Å². The van der Waals surface area contributed by atoms with Gasteiger partial charge in [-0.05, 0) is 47.7 Å². The molecule has 1 fully saturated rings. The zero-order valence-corrected chi connectivity index (χ0v) is 20.3. The summed E-state index contributed by atoms with van der Waals surface area (Å²) in [6.07, 6.45) is 3.81. The maximum absolute atomic E-state index is 12.6. The molecule has 1 aliphatic heterocycles. The van der Waals surface area contributed by atoms with Crippen LogP contribution in [-0.2, 0) is 11.3 Å². The predicted octanol–water partition coefficient (Wildman–Crippen LogP) is 6.80. The Morgan fingerprint density at radius 2 is 1.89 bits per heavy atom. The summed E-state index contributed by atoms with van der Waals surface area (Å²) >= 11 is 13.4. The number of nitro groups is 1. The highest BCUT2D eigenvalue weighted by Gasteiger charge is 2.24. The highest BCUT2D eigenvalue weighted by atomic mass is 35.5. The fraction of sp³-hybridized carbons (Fsp3) is 0.0400. The Morgan fingerprint density at radius 3 is 2.69 bits per heavy atom. The molecule has 0 atom stereocenters. The minimum absolute atomic E-state index is 0.0632. The number of nitrogens with one attached hydrogen (secondary N) is 1. The third kappa shape index (κ3) is 4.95. The van der Waals surface area contributed by atoms with E-state index in [0.29, 0.717) is 32.4 Å². The van der Waals surface area contributed by atoms with Gasteiger partial charge in [-0.1, -0.05) is 53.5 Å². The van der Waals surface area contributed by atoms with E-state index in [1.807, 2.05) is 48.7 Å². The van der Waals surface area contributed by atoms with Crippen molar-refractivity contribution in [3.8, 4) is 0 Å². The molecule has 0 spiro atoms. The second-order valence-corrected chi connectivity index (χ2v) is 9.58.